The van der Waals surface area contributed by atoms with Crippen molar-refractivity contribution < 1.29 is 18.1 Å². The van der Waals surface area contributed by atoms with Gasteiger partial charge < -0.3 is 45.5 Å². The fourth-order valence-corrected chi connectivity index (χ4v) is 6.05. The van der Waals surface area contributed by atoms with Crippen LogP contribution in [0.3, 0.4) is 0 Å². The minimum atomic E-state index is -4.40. The molecule has 3 rings (SSSR count). The average Bonchev–Trinajstić information content (AvgIpc) is 3.07. The van der Waals surface area contributed by atoms with Crippen molar-refractivity contribution in [2.24, 2.45) is 0 Å². The fourth-order valence-electron chi connectivity index (χ4n) is 4.76. The maximum absolute atomic E-state index is 15.2. The first kappa shape index (κ1) is 37.5. The van der Waals surface area contributed by atoms with Crippen LogP contribution in [0, 0.1) is 0 Å². The lowest BCUT2D eigenvalue weighted by Gasteiger charge is -2.25. The molecule has 0 bridgehead atoms. The van der Waals surface area contributed by atoms with Gasteiger partial charge in [-0.05, 0) is 74.9 Å². The molecule has 3 aromatic rings. The minimum absolute atomic E-state index is 0.370. The number of nitrogens with one attached hydrogen (secondary N) is 6. The van der Waals surface area contributed by atoms with Gasteiger partial charge in [0.05, 0.1) is 17.1 Å². The van der Waals surface area contributed by atoms with Crippen LogP contribution in [0.5, 0.6) is 17.2 Å². The van der Waals surface area contributed by atoms with Gasteiger partial charge in [-0.2, -0.15) is 4.57 Å². The SMILES string of the molecule is CCCNc1cccc(OP(=O)(Oc2cccc(NCCC)c2NCCC)Oc2cccc(NCCC)c2NCCC)c1NCCC. The molecule has 0 atom stereocenters. The molecule has 0 radical (unpaired) electrons. The van der Waals surface area contributed by atoms with Gasteiger partial charge in [-0.3, -0.25) is 0 Å². The van der Waals surface area contributed by atoms with Crippen molar-refractivity contribution in [3.63, 3.8) is 0 Å². The van der Waals surface area contributed by atoms with Gasteiger partial charge in [0.15, 0.2) is 17.2 Å². The second-order valence-electron chi connectivity index (χ2n) is 11.3. The monoisotopic (exact) mass is 668 g/mol. The zero-order valence-corrected chi connectivity index (χ0v) is 30.2. The lowest BCUT2D eigenvalue weighted by Crippen LogP contribution is -2.14. The summed E-state index contributed by atoms with van der Waals surface area (Å²) in [5, 5.41) is 20.8. The van der Waals surface area contributed by atoms with Crippen molar-refractivity contribution in [2.75, 3.05) is 71.2 Å². The number of hydrogen-bond donors (Lipinski definition) is 6. The average molecular weight is 669 g/mol. The Hall–Kier alpha value is -3.91. The van der Waals surface area contributed by atoms with Crippen LogP contribution in [0.25, 0.3) is 0 Å². The molecule has 3 aromatic carbocycles. The molecule has 0 aliphatic carbocycles. The third kappa shape index (κ3) is 11.4. The highest BCUT2D eigenvalue weighted by molar-refractivity contribution is 7.49. The van der Waals surface area contributed by atoms with Crippen LogP contribution < -0.4 is 45.5 Å². The largest absolute Gasteiger partial charge is 0.647 e. The van der Waals surface area contributed by atoms with E-state index in [1.54, 1.807) is 18.2 Å². The van der Waals surface area contributed by atoms with E-state index in [0.717, 1.165) is 75.2 Å². The summed E-state index contributed by atoms with van der Waals surface area (Å²) < 4.78 is 34.5. The van der Waals surface area contributed by atoms with E-state index in [9.17, 15) is 0 Å². The molecule has 0 aliphatic heterocycles. The third-order valence-electron chi connectivity index (χ3n) is 7.06. The maximum atomic E-state index is 15.2. The Kier molecular flexibility index (Phi) is 16.3. The maximum Gasteiger partial charge on any atom is 0.647 e. The normalized spacial score (nSPS) is 11.0. The molecule has 0 heterocycles. The van der Waals surface area contributed by atoms with Crippen LogP contribution in [-0.4, -0.2) is 39.3 Å². The second kappa shape index (κ2) is 20.4. The summed E-state index contributed by atoms with van der Waals surface area (Å²) in [6.07, 6.45) is 5.57. The summed E-state index contributed by atoms with van der Waals surface area (Å²) in [6.45, 7) is 17.1. The molecule has 0 saturated carbocycles. The Morgan fingerprint density at radius 3 is 0.936 bits per heavy atom. The quantitative estimate of drug-likeness (QED) is 0.0515. The van der Waals surface area contributed by atoms with Crippen LogP contribution in [0.1, 0.15) is 80.1 Å². The number of phosphoric ester groups is 1. The first-order chi connectivity index (χ1) is 22.9. The van der Waals surface area contributed by atoms with Gasteiger partial charge >= 0.3 is 7.82 Å². The van der Waals surface area contributed by atoms with E-state index in [-0.39, 0.29) is 0 Å². The zero-order chi connectivity index (χ0) is 33.9. The first-order valence-corrected chi connectivity index (χ1v) is 18.9. The molecule has 11 heteroatoms. The highest BCUT2D eigenvalue weighted by atomic mass is 31.2. The minimum Gasteiger partial charge on any atom is -0.384 e. The molecule has 0 aliphatic rings. The molecule has 0 spiro atoms. The van der Waals surface area contributed by atoms with Crippen molar-refractivity contribution in [3.05, 3.63) is 54.6 Å². The third-order valence-corrected chi connectivity index (χ3v) is 8.32. The number of para-hydroxylation sites is 3. The predicted molar refractivity (Wildman–Crippen MR) is 202 cm³/mol. The number of hydrogen-bond acceptors (Lipinski definition) is 10. The standard InChI is InChI=1S/C36H57N6O4P/c1-7-22-37-28-16-13-19-31(34(28)40-25-10-4)44-47(43,45-32-20-14-17-29(38-23-8-2)35(32)41-26-11-5)46-33-21-15-18-30(39-24-9-3)36(33)42-27-12-6/h13-21,37-42H,7-12,22-27H2,1-6H3. The van der Waals surface area contributed by atoms with Gasteiger partial charge in [-0.25, -0.2) is 0 Å². The van der Waals surface area contributed by atoms with Gasteiger partial charge in [0.1, 0.15) is 17.1 Å². The number of anilines is 6. The van der Waals surface area contributed by atoms with Crippen LogP contribution in [0.15, 0.2) is 54.6 Å². The summed E-state index contributed by atoms with van der Waals surface area (Å²) >= 11 is 0. The highest BCUT2D eigenvalue weighted by Crippen LogP contribution is 2.55. The second-order valence-corrected chi connectivity index (χ2v) is 12.8. The Morgan fingerprint density at radius 2 is 0.681 bits per heavy atom. The van der Waals surface area contributed by atoms with E-state index in [4.69, 9.17) is 13.6 Å². The smallest absolute Gasteiger partial charge is 0.384 e. The number of phosphoric acid groups is 1. The molecule has 0 aromatic heterocycles. The van der Waals surface area contributed by atoms with E-state index < -0.39 is 7.82 Å². The summed E-state index contributed by atoms with van der Waals surface area (Å²) in [5.41, 5.74) is 4.70. The lowest BCUT2D eigenvalue weighted by atomic mass is 10.2. The number of benzene rings is 3. The zero-order valence-electron chi connectivity index (χ0n) is 29.3. The molecule has 47 heavy (non-hydrogen) atoms. The van der Waals surface area contributed by atoms with E-state index in [0.29, 0.717) is 53.9 Å². The van der Waals surface area contributed by atoms with Gasteiger partial charge in [0, 0.05) is 39.3 Å². The van der Waals surface area contributed by atoms with Crippen molar-refractivity contribution in [1.82, 2.24) is 0 Å². The molecule has 260 valence electrons. The molecule has 6 N–H and O–H groups in total. The fraction of sp³-hybridized carbons (Fsp3) is 0.500. The van der Waals surface area contributed by atoms with Gasteiger partial charge in [-0.15, -0.1) is 0 Å². The molecule has 0 unspecified atom stereocenters. The van der Waals surface area contributed by atoms with Crippen molar-refractivity contribution in [2.45, 2.75) is 80.1 Å². The lowest BCUT2D eigenvalue weighted by molar-refractivity contribution is 0.300. The Morgan fingerprint density at radius 1 is 0.426 bits per heavy atom. The summed E-state index contributed by atoms with van der Waals surface area (Å²) in [7, 11) is -4.40. The summed E-state index contributed by atoms with van der Waals surface area (Å²) in [5.74, 6) is 1.11. The molecule has 10 nitrogen and oxygen atoms in total. The van der Waals surface area contributed by atoms with E-state index >= 15 is 4.57 Å². The van der Waals surface area contributed by atoms with E-state index in [2.05, 4.69) is 73.4 Å². The van der Waals surface area contributed by atoms with Crippen molar-refractivity contribution in [1.29, 1.82) is 0 Å². The predicted octanol–water partition coefficient (Wildman–Crippen LogP) is 10.3. The van der Waals surface area contributed by atoms with Gasteiger partial charge in [0.25, 0.3) is 0 Å². The molecular weight excluding hydrogens is 611 g/mol. The Bertz CT molecular complexity index is 1240. The molecule has 0 saturated heterocycles. The van der Waals surface area contributed by atoms with Crippen LogP contribution in [-0.2, 0) is 4.57 Å². The van der Waals surface area contributed by atoms with Crippen LogP contribution in [0.2, 0.25) is 0 Å². The Balaban J connectivity index is 2.17. The number of rotatable bonds is 24. The topological polar surface area (TPSA) is 117 Å². The van der Waals surface area contributed by atoms with Crippen LogP contribution >= 0.6 is 7.82 Å². The van der Waals surface area contributed by atoms with Gasteiger partial charge in [0.2, 0.25) is 0 Å². The van der Waals surface area contributed by atoms with E-state index in [1.165, 1.54) is 0 Å². The van der Waals surface area contributed by atoms with Crippen molar-refractivity contribution in [3.8, 4) is 17.2 Å². The molecule has 0 amide bonds. The Labute approximate surface area is 282 Å². The summed E-state index contributed by atoms with van der Waals surface area (Å²) in [4.78, 5) is 0. The summed E-state index contributed by atoms with van der Waals surface area (Å²) in [6, 6.07) is 17.0. The van der Waals surface area contributed by atoms with Crippen molar-refractivity contribution >= 4 is 41.9 Å². The van der Waals surface area contributed by atoms with Crippen LogP contribution in [0.4, 0.5) is 34.1 Å². The first-order valence-electron chi connectivity index (χ1n) is 17.4. The highest BCUT2D eigenvalue weighted by Gasteiger charge is 2.37. The molecular formula is C36H57N6O4P. The van der Waals surface area contributed by atoms with E-state index in [1.807, 2.05) is 36.4 Å². The molecule has 0 fully saturated rings. The van der Waals surface area contributed by atoms with Gasteiger partial charge in [-0.1, -0.05) is 59.7 Å².